The highest BCUT2D eigenvalue weighted by Crippen LogP contribution is 2.33. The van der Waals surface area contributed by atoms with Gasteiger partial charge in [-0.3, -0.25) is 9.36 Å². The van der Waals surface area contributed by atoms with Crippen LogP contribution in [0.3, 0.4) is 0 Å². The molecular formula is C25H20ClNO4. The van der Waals surface area contributed by atoms with E-state index in [1.165, 1.54) is 11.7 Å². The molecule has 0 saturated heterocycles. The molecule has 0 spiro atoms. The topological polar surface area (TPSA) is 68.5 Å². The summed E-state index contributed by atoms with van der Waals surface area (Å²) < 4.78 is 6.54. The molecule has 0 aliphatic rings. The van der Waals surface area contributed by atoms with Gasteiger partial charge < -0.3 is 9.84 Å². The van der Waals surface area contributed by atoms with Gasteiger partial charge in [0.05, 0.1) is 20.3 Å². The molecule has 1 heterocycles. The number of hydrogen-bond acceptors (Lipinski definition) is 4. The molecule has 0 saturated carbocycles. The van der Waals surface area contributed by atoms with Gasteiger partial charge >= 0.3 is 5.97 Å². The molecule has 4 aromatic rings. The van der Waals surface area contributed by atoms with Crippen LogP contribution in [0.4, 0.5) is 0 Å². The Morgan fingerprint density at radius 3 is 2.32 bits per heavy atom. The first-order valence-corrected chi connectivity index (χ1v) is 10.1. The predicted octanol–water partition coefficient (Wildman–Crippen LogP) is 4.65. The van der Waals surface area contributed by atoms with E-state index in [2.05, 4.69) is 0 Å². The largest absolute Gasteiger partial charge is 0.464 e. The zero-order valence-electron chi connectivity index (χ0n) is 16.8. The van der Waals surface area contributed by atoms with Gasteiger partial charge in [0.1, 0.15) is 5.69 Å². The van der Waals surface area contributed by atoms with Crippen molar-refractivity contribution in [3.05, 3.63) is 105 Å². The van der Waals surface area contributed by atoms with Gasteiger partial charge in [-0.2, -0.15) is 0 Å². The summed E-state index contributed by atoms with van der Waals surface area (Å²) in [5.41, 5.74) is 2.75. The fourth-order valence-corrected chi connectivity index (χ4v) is 3.89. The number of ether oxygens (including phenoxy) is 1. The molecule has 6 heteroatoms. The average Bonchev–Trinajstić information content (AvgIpc) is 2.81. The van der Waals surface area contributed by atoms with Crippen LogP contribution in [0.5, 0.6) is 0 Å². The number of nitrogens with zero attached hydrogens (tertiary/aromatic N) is 1. The summed E-state index contributed by atoms with van der Waals surface area (Å²) in [6, 6.07) is 21.7. The summed E-state index contributed by atoms with van der Waals surface area (Å²) in [7, 11) is 1.29. The number of rotatable bonds is 5. The number of aromatic nitrogens is 1. The molecule has 0 bridgehead atoms. The molecule has 1 aromatic heterocycles. The van der Waals surface area contributed by atoms with Gasteiger partial charge in [0, 0.05) is 16.0 Å². The van der Waals surface area contributed by atoms with Gasteiger partial charge in [-0.05, 0) is 40.3 Å². The van der Waals surface area contributed by atoms with E-state index in [4.69, 9.17) is 16.3 Å². The van der Waals surface area contributed by atoms with Crippen molar-refractivity contribution in [2.45, 2.75) is 13.2 Å². The van der Waals surface area contributed by atoms with Gasteiger partial charge in [-0.25, -0.2) is 4.79 Å². The van der Waals surface area contributed by atoms with Crippen LogP contribution in [0.25, 0.3) is 21.9 Å². The molecule has 31 heavy (non-hydrogen) atoms. The summed E-state index contributed by atoms with van der Waals surface area (Å²) in [6.45, 7) is 0.120. The number of fused-ring (bicyclic) bond motifs is 1. The molecule has 0 radical (unpaired) electrons. The highest BCUT2D eigenvalue weighted by Gasteiger charge is 2.24. The molecular weight excluding hydrogens is 414 g/mol. The van der Waals surface area contributed by atoms with Crippen LogP contribution in [0.1, 0.15) is 21.6 Å². The lowest BCUT2D eigenvalue weighted by atomic mass is 9.95. The van der Waals surface area contributed by atoms with Crippen molar-refractivity contribution in [1.82, 2.24) is 4.57 Å². The fraction of sp³-hybridized carbons (Fsp3) is 0.120. The van der Waals surface area contributed by atoms with Crippen molar-refractivity contribution in [2.75, 3.05) is 7.11 Å². The average molecular weight is 434 g/mol. The standard InChI is InChI=1S/C25H20ClNO4/c1-31-25(30)23-22(18-9-7-17(15-28)8-10-18)21-13-19(26)11-12-20(21)24(29)27(23)14-16-5-3-2-4-6-16/h2-13,28H,14-15H2,1H3. The maximum atomic E-state index is 13.4. The number of esters is 1. The van der Waals surface area contributed by atoms with E-state index >= 15 is 0 Å². The molecule has 5 nitrogen and oxygen atoms in total. The number of halogens is 1. The Morgan fingerprint density at radius 1 is 0.968 bits per heavy atom. The Hall–Kier alpha value is -3.41. The number of aliphatic hydroxyl groups is 1. The molecule has 156 valence electrons. The minimum atomic E-state index is -0.615. The lowest BCUT2D eigenvalue weighted by molar-refractivity contribution is 0.0588. The van der Waals surface area contributed by atoms with Crippen molar-refractivity contribution in [1.29, 1.82) is 0 Å². The van der Waals surface area contributed by atoms with Crippen LogP contribution in [-0.2, 0) is 17.9 Å². The first kappa shape index (κ1) is 20.8. The summed E-state index contributed by atoms with van der Waals surface area (Å²) >= 11 is 6.26. The summed E-state index contributed by atoms with van der Waals surface area (Å²) in [6.07, 6.45) is 0. The highest BCUT2D eigenvalue weighted by molar-refractivity contribution is 6.31. The molecule has 0 fully saturated rings. The Kier molecular flexibility index (Phi) is 5.89. The Labute approximate surface area is 184 Å². The summed E-state index contributed by atoms with van der Waals surface area (Å²) in [4.78, 5) is 26.4. The normalized spacial score (nSPS) is 10.9. The number of methoxy groups -OCH3 is 1. The van der Waals surface area contributed by atoms with Crippen molar-refractivity contribution in [3.63, 3.8) is 0 Å². The van der Waals surface area contributed by atoms with Gasteiger partial charge in [0.25, 0.3) is 5.56 Å². The minimum absolute atomic E-state index is 0.0930. The second-order valence-electron chi connectivity index (χ2n) is 7.14. The maximum absolute atomic E-state index is 13.4. The number of hydrogen-bond donors (Lipinski definition) is 1. The number of carbonyl (C=O) groups is 1. The number of carbonyl (C=O) groups excluding carboxylic acids is 1. The number of aliphatic hydroxyl groups excluding tert-OH is 1. The highest BCUT2D eigenvalue weighted by atomic mass is 35.5. The molecule has 3 aromatic carbocycles. The van der Waals surface area contributed by atoms with Crippen LogP contribution in [-0.4, -0.2) is 22.8 Å². The monoisotopic (exact) mass is 433 g/mol. The molecule has 0 unspecified atom stereocenters. The third-order valence-corrected chi connectivity index (χ3v) is 5.46. The van der Waals surface area contributed by atoms with Gasteiger partial charge in [-0.1, -0.05) is 66.2 Å². The van der Waals surface area contributed by atoms with E-state index in [1.54, 1.807) is 30.3 Å². The third-order valence-electron chi connectivity index (χ3n) is 5.22. The van der Waals surface area contributed by atoms with Crippen molar-refractivity contribution in [2.24, 2.45) is 0 Å². The first-order valence-electron chi connectivity index (χ1n) is 9.72. The SMILES string of the molecule is COC(=O)c1c(-c2ccc(CO)cc2)c2cc(Cl)ccc2c(=O)n1Cc1ccccc1. The van der Waals surface area contributed by atoms with Gasteiger partial charge in [0.15, 0.2) is 0 Å². The molecule has 0 aliphatic heterocycles. The molecule has 0 amide bonds. The smallest absolute Gasteiger partial charge is 0.355 e. The Bertz CT molecular complexity index is 1310. The maximum Gasteiger partial charge on any atom is 0.355 e. The van der Waals surface area contributed by atoms with Crippen molar-refractivity contribution in [3.8, 4) is 11.1 Å². The van der Waals surface area contributed by atoms with E-state index in [1.807, 2.05) is 42.5 Å². The second-order valence-corrected chi connectivity index (χ2v) is 7.57. The van der Waals surface area contributed by atoms with Gasteiger partial charge in [0.2, 0.25) is 0 Å². The Balaban J connectivity index is 2.11. The quantitative estimate of drug-likeness (QED) is 0.465. The minimum Gasteiger partial charge on any atom is -0.464 e. The molecule has 0 aliphatic carbocycles. The number of benzene rings is 3. The molecule has 4 rings (SSSR count). The lowest BCUT2D eigenvalue weighted by Crippen LogP contribution is -2.28. The van der Waals surface area contributed by atoms with Crippen LogP contribution in [0.2, 0.25) is 5.02 Å². The fourth-order valence-electron chi connectivity index (χ4n) is 3.71. The van der Waals surface area contributed by atoms with E-state index in [0.717, 1.165) is 11.1 Å². The van der Waals surface area contributed by atoms with Crippen LogP contribution in [0, 0.1) is 0 Å². The van der Waals surface area contributed by atoms with Crippen LogP contribution < -0.4 is 5.56 Å². The zero-order valence-corrected chi connectivity index (χ0v) is 17.6. The van der Waals surface area contributed by atoms with Crippen LogP contribution in [0.15, 0.2) is 77.6 Å². The molecule has 1 N–H and O–H groups in total. The lowest BCUT2D eigenvalue weighted by Gasteiger charge is -2.19. The van der Waals surface area contributed by atoms with Crippen molar-refractivity contribution < 1.29 is 14.6 Å². The van der Waals surface area contributed by atoms with E-state index in [-0.39, 0.29) is 24.4 Å². The Morgan fingerprint density at radius 2 is 1.68 bits per heavy atom. The summed E-state index contributed by atoms with van der Waals surface area (Å²) in [5.74, 6) is -0.615. The van der Waals surface area contributed by atoms with Crippen LogP contribution >= 0.6 is 11.6 Å². The number of pyridine rings is 1. The zero-order chi connectivity index (χ0) is 22.0. The summed E-state index contributed by atoms with van der Waals surface area (Å²) in [5, 5.41) is 10.9. The third kappa shape index (κ3) is 3.98. The van der Waals surface area contributed by atoms with E-state index in [9.17, 15) is 14.7 Å². The van der Waals surface area contributed by atoms with Gasteiger partial charge in [-0.15, -0.1) is 0 Å². The predicted molar refractivity (Wildman–Crippen MR) is 121 cm³/mol. The molecule has 0 atom stereocenters. The first-order chi connectivity index (χ1) is 15.0. The van der Waals surface area contributed by atoms with Crippen molar-refractivity contribution >= 4 is 28.3 Å². The second kappa shape index (κ2) is 8.76. The van der Waals surface area contributed by atoms with E-state index < -0.39 is 5.97 Å². The van der Waals surface area contributed by atoms with E-state index in [0.29, 0.717) is 26.9 Å².